The lowest BCUT2D eigenvalue weighted by Gasteiger charge is -2.20. The van der Waals surface area contributed by atoms with Gasteiger partial charge in [-0.2, -0.15) is 13.1 Å². The lowest BCUT2D eigenvalue weighted by Crippen LogP contribution is -2.40. The van der Waals surface area contributed by atoms with Crippen molar-refractivity contribution >= 4 is 15.9 Å². The zero-order valence-electron chi connectivity index (χ0n) is 11.4. The van der Waals surface area contributed by atoms with E-state index in [-0.39, 0.29) is 6.04 Å². The Balaban J connectivity index is 2.27. The third-order valence-electron chi connectivity index (χ3n) is 3.31. The molecule has 1 aliphatic rings. The van der Waals surface area contributed by atoms with Crippen molar-refractivity contribution in [3.63, 3.8) is 0 Å². The van der Waals surface area contributed by atoms with Gasteiger partial charge in [0, 0.05) is 19.1 Å². The Morgan fingerprint density at radius 1 is 1.47 bits per heavy atom. The van der Waals surface area contributed by atoms with E-state index in [1.54, 1.807) is 0 Å². The summed E-state index contributed by atoms with van der Waals surface area (Å²) in [5, 5.41) is 0. The molecule has 1 unspecified atom stereocenters. The van der Waals surface area contributed by atoms with Crippen LogP contribution in [-0.2, 0) is 16.6 Å². The number of benzene rings is 1. The monoisotopic (exact) mass is 283 g/mol. The Labute approximate surface area is 115 Å². The summed E-state index contributed by atoms with van der Waals surface area (Å²) in [6.07, 6.45) is 1.52. The molecule has 0 bridgehead atoms. The van der Waals surface area contributed by atoms with Crippen LogP contribution < -0.4 is 14.8 Å². The van der Waals surface area contributed by atoms with E-state index >= 15 is 0 Å². The second-order valence-corrected chi connectivity index (χ2v) is 6.58. The molecule has 1 atom stereocenters. The van der Waals surface area contributed by atoms with Crippen LogP contribution in [0.25, 0.3) is 0 Å². The van der Waals surface area contributed by atoms with Gasteiger partial charge in [-0.25, -0.2) is 0 Å². The molecule has 0 radical (unpaired) electrons. The molecule has 0 amide bonds. The van der Waals surface area contributed by atoms with Crippen molar-refractivity contribution in [3.8, 4) is 0 Å². The maximum atomic E-state index is 12.2. The molecule has 0 aromatic heterocycles. The predicted molar refractivity (Wildman–Crippen MR) is 77.3 cm³/mol. The number of hydrogen-bond donors (Lipinski definition) is 2. The van der Waals surface area contributed by atoms with Crippen LogP contribution in [0.2, 0.25) is 0 Å². The fourth-order valence-electron chi connectivity index (χ4n) is 2.23. The van der Waals surface area contributed by atoms with E-state index in [1.165, 1.54) is 4.31 Å². The van der Waals surface area contributed by atoms with Gasteiger partial charge in [0.25, 0.3) is 0 Å². The molecule has 106 valence electrons. The van der Waals surface area contributed by atoms with Crippen LogP contribution >= 0.6 is 0 Å². The van der Waals surface area contributed by atoms with Crippen LogP contribution in [0.15, 0.2) is 18.2 Å². The molecule has 1 heterocycles. The first-order valence-corrected chi connectivity index (χ1v) is 8.05. The van der Waals surface area contributed by atoms with Crippen LogP contribution in [0.5, 0.6) is 0 Å². The molecule has 0 fully saturated rings. The van der Waals surface area contributed by atoms with Crippen LogP contribution in [0, 0.1) is 0 Å². The highest BCUT2D eigenvalue weighted by Crippen LogP contribution is 2.31. The van der Waals surface area contributed by atoms with Crippen molar-refractivity contribution in [1.82, 2.24) is 4.72 Å². The average Bonchev–Trinajstić information content (AvgIpc) is 2.79. The maximum absolute atomic E-state index is 12.2. The summed E-state index contributed by atoms with van der Waals surface area (Å²) in [6.45, 7) is 4.83. The molecule has 1 aromatic rings. The molecule has 1 aliphatic heterocycles. The summed E-state index contributed by atoms with van der Waals surface area (Å²) in [5.41, 5.74) is 8.71. The van der Waals surface area contributed by atoms with Crippen LogP contribution in [0.1, 0.15) is 37.4 Å². The van der Waals surface area contributed by atoms with Gasteiger partial charge in [-0.3, -0.25) is 4.31 Å². The minimum atomic E-state index is -3.42. The van der Waals surface area contributed by atoms with Gasteiger partial charge >= 0.3 is 10.2 Å². The highest BCUT2D eigenvalue weighted by Gasteiger charge is 2.29. The Hall–Kier alpha value is -1.11. The molecule has 19 heavy (non-hydrogen) atoms. The normalized spacial score (nSPS) is 16.5. The first kappa shape index (κ1) is 14.3. The molecule has 0 aliphatic carbocycles. The number of hydrogen-bond acceptors (Lipinski definition) is 3. The zero-order chi connectivity index (χ0) is 14.0. The fraction of sp³-hybridized carbons (Fsp3) is 0.538. The van der Waals surface area contributed by atoms with E-state index in [0.29, 0.717) is 13.1 Å². The first-order chi connectivity index (χ1) is 8.95. The van der Waals surface area contributed by atoms with E-state index in [9.17, 15) is 8.42 Å². The molecule has 1 aromatic carbocycles. The number of nitrogens with two attached hydrogens (primary N) is 1. The van der Waals surface area contributed by atoms with Crippen molar-refractivity contribution in [3.05, 3.63) is 29.3 Å². The van der Waals surface area contributed by atoms with Crippen molar-refractivity contribution in [1.29, 1.82) is 0 Å². The minimum Gasteiger partial charge on any atom is -0.324 e. The van der Waals surface area contributed by atoms with Gasteiger partial charge in [-0.05, 0) is 37.0 Å². The topological polar surface area (TPSA) is 75.4 Å². The van der Waals surface area contributed by atoms with Crippen molar-refractivity contribution < 1.29 is 8.42 Å². The van der Waals surface area contributed by atoms with Crippen molar-refractivity contribution in [2.24, 2.45) is 5.73 Å². The molecule has 6 heteroatoms. The summed E-state index contributed by atoms with van der Waals surface area (Å²) in [4.78, 5) is 0. The number of nitrogens with zero attached hydrogens (tertiary/aromatic N) is 1. The van der Waals surface area contributed by atoms with Crippen LogP contribution in [0.4, 0.5) is 5.69 Å². The average molecular weight is 283 g/mol. The summed E-state index contributed by atoms with van der Waals surface area (Å²) in [6, 6.07) is 5.73. The lowest BCUT2D eigenvalue weighted by molar-refractivity contribution is 0.577. The Morgan fingerprint density at radius 3 is 2.84 bits per heavy atom. The lowest BCUT2D eigenvalue weighted by atomic mass is 10.0. The smallest absolute Gasteiger partial charge is 0.301 e. The SMILES string of the molecule is CCCNS(=O)(=O)N1CCc2cc(C(C)N)ccc21. The fourth-order valence-corrected chi connectivity index (χ4v) is 3.62. The largest absolute Gasteiger partial charge is 0.324 e. The van der Waals surface area contributed by atoms with Gasteiger partial charge in [0.2, 0.25) is 0 Å². The van der Waals surface area contributed by atoms with Crippen LogP contribution in [-0.4, -0.2) is 21.5 Å². The van der Waals surface area contributed by atoms with Gasteiger partial charge < -0.3 is 5.73 Å². The number of anilines is 1. The van der Waals surface area contributed by atoms with Crippen LogP contribution in [0.3, 0.4) is 0 Å². The summed E-state index contributed by atoms with van der Waals surface area (Å²) in [5.74, 6) is 0. The molecular weight excluding hydrogens is 262 g/mol. The molecule has 3 N–H and O–H groups in total. The van der Waals surface area contributed by atoms with Gasteiger partial charge in [0.1, 0.15) is 0 Å². The molecular formula is C13H21N3O2S. The number of rotatable bonds is 5. The van der Waals surface area contributed by atoms with E-state index in [4.69, 9.17) is 5.73 Å². The molecule has 0 spiro atoms. The van der Waals surface area contributed by atoms with Gasteiger partial charge in [0.15, 0.2) is 0 Å². The predicted octanol–water partition coefficient (Wildman–Crippen LogP) is 1.31. The molecule has 0 saturated carbocycles. The number of nitrogens with one attached hydrogen (secondary N) is 1. The third-order valence-corrected chi connectivity index (χ3v) is 4.84. The quantitative estimate of drug-likeness (QED) is 0.855. The van der Waals surface area contributed by atoms with Gasteiger partial charge in [-0.15, -0.1) is 0 Å². The Morgan fingerprint density at radius 2 is 2.21 bits per heavy atom. The van der Waals surface area contributed by atoms with E-state index in [2.05, 4.69) is 4.72 Å². The summed E-state index contributed by atoms with van der Waals surface area (Å²) in [7, 11) is -3.42. The third kappa shape index (κ3) is 2.91. The van der Waals surface area contributed by atoms with E-state index in [1.807, 2.05) is 32.0 Å². The van der Waals surface area contributed by atoms with E-state index < -0.39 is 10.2 Å². The summed E-state index contributed by atoms with van der Waals surface area (Å²) >= 11 is 0. The standard InChI is InChI=1S/C13H21N3O2S/c1-3-7-15-19(17,18)16-8-6-12-9-11(10(2)14)4-5-13(12)16/h4-5,9-10,15H,3,6-8,14H2,1-2H3. The second-order valence-electron chi connectivity index (χ2n) is 4.90. The Bertz CT molecular complexity index is 555. The molecule has 0 saturated heterocycles. The second kappa shape index (κ2) is 5.48. The van der Waals surface area contributed by atoms with Crippen molar-refractivity contribution in [2.45, 2.75) is 32.7 Å². The highest BCUT2D eigenvalue weighted by atomic mass is 32.2. The maximum Gasteiger partial charge on any atom is 0.301 e. The first-order valence-electron chi connectivity index (χ1n) is 6.61. The minimum absolute atomic E-state index is 0.0332. The molecule has 5 nitrogen and oxygen atoms in total. The Kier molecular flexibility index (Phi) is 4.13. The summed E-state index contributed by atoms with van der Waals surface area (Å²) < 4.78 is 28.4. The zero-order valence-corrected chi connectivity index (χ0v) is 12.2. The molecule has 2 rings (SSSR count). The van der Waals surface area contributed by atoms with Gasteiger partial charge in [-0.1, -0.05) is 19.1 Å². The highest BCUT2D eigenvalue weighted by molar-refractivity contribution is 7.90. The van der Waals surface area contributed by atoms with E-state index in [0.717, 1.165) is 29.7 Å². The van der Waals surface area contributed by atoms with Gasteiger partial charge in [0.05, 0.1) is 5.69 Å². The van der Waals surface area contributed by atoms with Crippen molar-refractivity contribution in [2.75, 3.05) is 17.4 Å². The number of fused-ring (bicyclic) bond motifs is 1.